The summed E-state index contributed by atoms with van der Waals surface area (Å²) in [6, 6.07) is 16.2. The zero-order valence-electron chi connectivity index (χ0n) is 12.1. The second-order valence-electron chi connectivity index (χ2n) is 5.16. The Labute approximate surface area is 124 Å². The molecular formula is C18H19N3. The van der Waals surface area contributed by atoms with Crippen LogP contribution in [0, 0.1) is 0 Å². The van der Waals surface area contributed by atoms with Gasteiger partial charge in [-0.1, -0.05) is 49.1 Å². The second kappa shape index (κ2) is 5.37. The summed E-state index contributed by atoms with van der Waals surface area (Å²) in [6.07, 6.45) is 4.08. The average molecular weight is 277 g/mol. The molecule has 0 saturated carbocycles. The number of fused-ring (bicyclic) bond motifs is 1. The summed E-state index contributed by atoms with van der Waals surface area (Å²) in [6.45, 7) is 6.11. The van der Waals surface area contributed by atoms with Crippen molar-refractivity contribution in [2.75, 3.05) is 10.2 Å². The Morgan fingerprint density at radius 1 is 1.19 bits per heavy atom. The highest BCUT2D eigenvalue weighted by molar-refractivity contribution is 5.78. The highest BCUT2D eigenvalue weighted by Gasteiger charge is 2.25. The molecule has 1 unspecified atom stereocenters. The second-order valence-corrected chi connectivity index (χ2v) is 5.16. The number of anilines is 2. The van der Waals surface area contributed by atoms with Gasteiger partial charge in [-0.3, -0.25) is 0 Å². The van der Waals surface area contributed by atoms with E-state index in [2.05, 4.69) is 35.9 Å². The molecule has 2 aromatic rings. The van der Waals surface area contributed by atoms with Crippen molar-refractivity contribution in [1.29, 1.82) is 0 Å². The maximum absolute atomic E-state index is 6.28. The third kappa shape index (κ3) is 2.50. The van der Waals surface area contributed by atoms with E-state index in [-0.39, 0.29) is 6.17 Å². The van der Waals surface area contributed by atoms with Gasteiger partial charge in [0.25, 0.3) is 0 Å². The van der Waals surface area contributed by atoms with E-state index < -0.39 is 0 Å². The number of allylic oxidation sites excluding steroid dienone is 1. The van der Waals surface area contributed by atoms with E-state index in [0.29, 0.717) is 5.82 Å². The topological polar surface area (TPSA) is 41.3 Å². The molecule has 0 fully saturated rings. The molecule has 3 N–H and O–H groups in total. The number of nitrogens with one attached hydrogen (secondary N) is 1. The third-order valence-electron chi connectivity index (χ3n) is 3.68. The first-order valence-electron chi connectivity index (χ1n) is 7.03. The lowest BCUT2D eigenvalue weighted by molar-refractivity contribution is 0.797. The Morgan fingerprint density at radius 2 is 1.90 bits per heavy atom. The van der Waals surface area contributed by atoms with Crippen molar-refractivity contribution in [3.8, 4) is 0 Å². The molecule has 0 aliphatic carbocycles. The zero-order valence-corrected chi connectivity index (χ0v) is 12.1. The van der Waals surface area contributed by atoms with Crippen LogP contribution < -0.4 is 26.4 Å². The number of nitrogens with zero attached hydrogens (tertiary/aromatic N) is 1. The first-order valence-corrected chi connectivity index (χ1v) is 7.03. The monoisotopic (exact) mass is 277 g/mol. The third-order valence-corrected chi connectivity index (χ3v) is 3.68. The number of para-hydroxylation sites is 2. The van der Waals surface area contributed by atoms with Gasteiger partial charge in [-0.2, -0.15) is 0 Å². The van der Waals surface area contributed by atoms with Gasteiger partial charge in [0.15, 0.2) is 0 Å². The summed E-state index contributed by atoms with van der Waals surface area (Å²) in [4.78, 5) is 2.09. The smallest absolute Gasteiger partial charge is 0.105 e. The van der Waals surface area contributed by atoms with Crippen LogP contribution in [-0.2, 0) is 0 Å². The lowest BCUT2D eigenvalue weighted by Gasteiger charge is -2.23. The van der Waals surface area contributed by atoms with Crippen LogP contribution in [0.15, 0.2) is 60.4 Å². The van der Waals surface area contributed by atoms with E-state index in [0.717, 1.165) is 21.8 Å². The Kier molecular flexibility index (Phi) is 3.40. The van der Waals surface area contributed by atoms with E-state index in [1.165, 1.54) is 0 Å². The maximum atomic E-state index is 6.28. The van der Waals surface area contributed by atoms with E-state index >= 15 is 0 Å². The molecule has 3 heteroatoms. The van der Waals surface area contributed by atoms with E-state index in [9.17, 15) is 0 Å². The van der Waals surface area contributed by atoms with Gasteiger partial charge < -0.3 is 16.0 Å². The first kappa shape index (κ1) is 13.3. The lowest BCUT2D eigenvalue weighted by Crippen LogP contribution is -2.35. The summed E-state index contributed by atoms with van der Waals surface area (Å²) in [7, 11) is 0. The van der Waals surface area contributed by atoms with Gasteiger partial charge in [-0.25, -0.2) is 0 Å². The van der Waals surface area contributed by atoms with Gasteiger partial charge in [0, 0.05) is 0 Å². The molecule has 1 atom stereocenters. The van der Waals surface area contributed by atoms with Crippen LogP contribution in [0.25, 0.3) is 12.7 Å². The highest BCUT2D eigenvalue weighted by Crippen LogP contribution is 2.35. The van der Waals surface area contributed by atoms with Gasteiger partial charge in [0.2, 0.25) is 0 Å². The molecule has 3 rings (SSSR count). The molecule has 2 aromatic carbocycles. The number of benzene rings is 2. The fourth-order valence-corrected chi connectivity index (χ4v) is 2.62. The molecule has 0 saturated heterocycles. The predicted molar refractivity (Wildman–Crippen MR) is 90.0 cm³/mol. The summed E-state index contributed by atoms with van der Waals surface area (Å²) < 4.78 is 0. The standard InChI is InChI=1S/C18H19N3/c1-13-7-3-4-8-15(13)11-12-18(19)21-14(2)20-16-9-5-6-10-17(16)21/h3-12,14,20H,1,19H2,2H3/b15-11-,18-12+. The van der Waals surface area contributed by atoms with Crippen LogP contribution in [0.5, 0.6) is 0 Å². The summed E-state index contributed by atoms with van der Waals surface area (Å²) in [5.41, 5.74) is 8.49. The molecule has 3 nitrogen and oxygen atoms in total. The van der Waals surface area contributed by atoms with E-state index in [1.807, 2.05) is 48.6 Å². The minimum atomic E-state index is 0.141. The summed E-state index contributed by atoms with van der Waals surface area (Å²) in [5, 5.41) is 5.49. The molecule has 0 radical (unpaired) electrons. The number of nitrogens with two attached hydrogens (primary N) is 1. The highest BCUT2D eigenvalue weighted by atomic mass is 15.4. The van der Waals surface area contributed by atoms with E-state index in [4.69, 9.17) is 5.73 Å². The molecule has 1 aliphatic rings. The molecule has 106 valence electrons. The van der Waals surface area contributed by atoms with Gasteiger partial charge in [-0.15, -0.1) is 0 Å². The molecule has 0 aromatic heterocycles. The molecule has 21 heavy (non-hydrogen) atoms. The van der Waals surface area contributed by atoms with Gasteiger partial charge >= 0.3 is 0 Å². The largest absolute Gasteiger partial charge is 0.385 e. The lowest BCUT2D eigenvalue weighted by atomic mass is 10.2. The fraction of sp³-hybridized carbons (Fsp3) is 0.111. The molecule has 0 spiro atoms. The Balaban J connectivity index is 1.98. The van der Waals surface area contributed by atoms with Crippen LogP contribution in [0.4, 0.5) is 11.4 Å². The fourth-order valence-electron chi connectivity index (χ4n) is 2.62. The Hall–Kier alpha value is -2.68. The number of rotatable bonds is 2. The first-order chi connectivity index (χ1) is 10.2. The van der Waals surface area contributed by atoms with Crippen molar-refractivity contribution < 1.29 is 0 Å². The van der Waals surface area contributed by atoms with E-state index in [1.54, 1.807) is 0 Å². The number of hydrogen-bond donors (Lipinski definition) is 2. The van der Waals surface area contributed by atoms with Crippen LogP contribution >= 0.6 is 0 Å². The van der Waals surface area contributed by atoms with Crippen molar-refractivity contribution in [3.63, 3.8) is 0 Å². The average Bonchev–Trinajstić information content (AvgIpc) is 2.82. The molecule has 1 aliphatic heterocycles. The Bertz CT molecular complexity index is 792. The summed E-state index contributed by atoms with van der Waals surface area (Å²) >= 11 is 0. The summed E-state index contributed by atoms with van der Waals surface area (Å²) in [5.74, 6) is 0.711. The van der Waals surface area contributed by atoms with Crippen molar-refractivity contribution in [2.24, 2.45) is 5.73 Å². The van der Waals surface area contributed by atoms with Crippen molar-refractivity contribution >= 4 is 24.0 Å². The molecule has 0 amide bonds. The Morgan fingerprint density at radius 3 is 2.71 bits per heavy atom. The van der Waals surface area contributed by atoms with Crippen LogP contribution in [0.1, 0.15) is 6.92 Å². The van der Waals surface area contributed by atoms with Crippen molar-refractivity contribution in [2.45, 2.75) is 13.1 Å². The predicted octanol–water partition coefficient (Wildman–Crippen LogP) is 1.96. The minimum absolute atomic E-state index is 0.141. The molecule has 1 heterocycles. The molecule has 0 bridgehead atoms. The minimum Gasteiger partial charge on any atom is -0.385 e. The normalized spacial score (nSPS) is 18.5. The van der Waals surface area contributed by atoms with Crippen molar-refractivity contribution in [3.05, 3.63) is 70.9 Å². The number of hydrogen-bond acceptors (Lipinski definition) is 3. The van der Waals surface area contributed by atoms with Crippen LogP contribution in [0.2, 0.25) is 0 Å². The van der Waals surface area contributed by atoms with Gasteiger partial charge in [-0.05, 0) is 35.6 Å². The maximum Gasteiger partial charge on any atom is 0.105 e. The van der Waals surface area contributed by atoms with Crippen LogP contribution in [-0.4, -0.2) is 6.17 Å². The molecular weight excluding hydrogens is 258 g/mol. The van der Waals surface area contributed by atoms with Crippen LogP contribution in [0.3, 0.4) is 0 Å². The SMILES string of the molecule is C=c1cccc/c1=C/C=C(\N)N1c2ccccc2NC1C. The quantitative estimate of drug-likeness (QED) is 0.881. The van der Waals surface area contributed by atoms with Gasteiger partial charge in [0.05, 0.1) is 11.4 Å². The zero-order chi connectivity index (χ0) is 14.8. The van der Waals surface area contributed by atoms with Crippen molar-refractivity contribution in [1.82, 2.24) is 0 Å². The van der Waals surface area contributed by atoms with Gasteiger partial charge in [0.1, 0.15) is 12.0 Å².